The number of hydrogen-bond acceptors (Lipinski definition) is 20. The van der Waals surface area contributed by atoms with E-state index in [4.69, 9.17) is 40.9 Å². The second-order valence-electron chi connectivity index (χ2n) is 10.6. The lowest BCUT2D eigenvalue weighted by Gasteiger charge is -2.21. The van der Waals surface area contributed by atoms with Crippen LogP contribution in [0.1, 0.15) is 42.0 Å². The molecule has 292 valence electrons. The Labute approximate surface area is 294 Å². The van der Waals surface area contributed by atoms with Crippen LogP contribution in [0.15, 0.2) is 24.8 Å². The third-order valence-electron chi connectivity index (χ3n) is 6.88. The molecule has 16 N–H and O–H groups in total. The molecule has 0 saturated heterocycles. The van der Waals surface area contributed by atoms with Crippen LogP contribution in [-0.2, 0) is 0 Å². The standard InChI is InChI=1S/2C14H22N4O8/c19-3-9(11(23)5-21)17-13(25)7-1-15-8(2-16-7)14(26)18-10(4-20)12(24)6-22;19-3-9(11(23)5-21)17-13(25)7-1-15-2-8(16-7)14(26)18-10(4-20)12(24)6-22/h2*1-2,9-12,19-24H,3-6H2,(H,17,25)(H,18,26). The van der Waals surface area contributed by atoms with E-state index in [1.807, 2.05) is 0 Å². The van der Waals surface area contributed by atoms with Crippen molar-refractivity contribution in [1.82, 2.24) is 41.2 Å². The smallest absolute Gasteiger partial charge is 0.271 e. The third kappa shape index (κ3) is 14.3. The first-order valence-corrected chi connectivity index (χ1v) is 15.2. The van der Waals surface area contributed by atoms with E-state index in [0.717, 1.165) is 24.8 Å². The molecule has 24 heteroatoms. The maximum absolute atomic E-state index is 12.1. The van der Waals surface area contributed by atoms with Crippen molar-refractivity contribution in [3.05, 3.63) is 47.6 Å². The summed E-state index contributed by atoms with van der Waals surface area (Å²) in [5, 5.41) is 119. The summed E-state index contributed by atoms with van der Waals surface area (Å²) in [5.41, 5.74) is -1.02. The first kappa shape index (κ1) is 45.6. The summed E-state index contributed by atoms with van der Waals surface area (Å²) in [6.07, 6.45) is -1.50. The maximum Gasteiger partial charge on any atom is 0.271 e. The lowest BCUT2D eigenvalue weighted by molar-refractivity contribution is 0.0384. The van der Waals surface area contributed by atoms with Crippen LogP contribution in [0.25, 0.3) is 0 Å². The number of aromatic nitrogens is 4. The monoisotopic (exact) mass is 748 g/mol. The van der Waals surface area contributed by atoms with Gasteiger partial charge in [0.05, 0.1) is 126 Å². The minimum atomic E-state index is -1.39. The van der Waals surface area contributed by atoms with Gasteiger partial charge in [0.15, 0.2) is 0 Å². The molecule has 8 unspecified atom stereocenters. The molecule has 24 nitrogen and oxygen atoms in total. The zero-order chi connectivity index (χ0) is 39.4. The van der Waals surface area contributed by atoms with Gasteiger partial charge >= 0.3 is 0 Å². The molecule has 0 aliphatic heterocycles. The Morgan fingerprint density at radius 2 is 0.673 bits per heavy atom. The first-order valence-electron chi connectivity index (χ1n) is 15.2. The normalized spacial score (nSPS) is 15.6. The Morgan fingerprint density at radius 1 is 0.423 bits per heavy atom. The highest BCUT2D eigenvalue weighted by Gasteiger charge is 2.26. The maximum atomic E-state index is 12.1. The molecule has 0 radical (unpaired) electrons. The van der Waals surface area contributed by atoms with Crippen molar-refractivity contribution >= 4 is 23.6 Å². The summed E-state index contributed by atoms with van der Waals surface area (Å²) >= 11 is 0. The third-order valence-corrected chi connectivity index (χ3v) is 6.88. The summed E-state index contributed by atoms with van der Waals surface area (Å²) in [4.78, 5) is 63.0. The van der Waals surface area contributed by atoms with Gasteiger partial charge in [-0.25, -0.2) is 15.0 Å². The Bertz CT molecular complexity index is 1300. The van der Waals surface area contributed by atoms with Crippen molar-refractivity contribution in [2.45, 2.75) is 48.6 Å². The van der Waals surface area contributed by atoms with E-state index in [1.54, 1.807) is 0 Å². The van der Waals surface area contributed by atoms with Gasteiger partial charge in [-0.2, -0.15) is 0 Å². The second kappa shape index (κ2) is 23.9. The second-order valence-corrected chi connectivity index (χ2v) is 10.6. The molecule has 8 atom stereocenters. The predicted molar refractivity (Wildman–Crippen MR) is 170 cm³/mol. The average molecular weight is 749 g/mol. The number of aliphatic hydroxyl groups excluding tert-OH is 12. The number of rotatable bonds is 20. The minimum absolute atomic E-state index is 0.209. The summed E-state index contributed by atoms with van der Waals surface area (Å²) in [6, 6.07) is -4.51. The van der Waals surface area contributed by atoms with Crippen LogP contribution in [0.2, 0.25) is 0 Å². The summed E-state index contributed by atoms with van der Waals surface area (Å²) in [5.74, 6) is -3.29. The SMILES string of the molecule is O=C(NC(CO)C(O)CO)c1cnc(C(=O)NC(CO)C(O)CO)cn1.O=C(NC(CO)C(O)CO)c1cncc(C(=O)NC(CO)C(O)CO)n1. The van der Waals surface area contributed by atoms with Gasteiger partial charge in [0, 0.05) is 0 Å². The Kier molecular flexibility index (Phi) is 21.0. The van der Waals surface area contributed by atoms with Crippen LogP contribution in [-0.4, -0.2) is 206 Å². The number of aliphatic hydroxyl groups is 12. The fraction of sp³-hybridized carbons (Fsp3) is 0.571. The Morgan fingerprint density at radius 3 is 0.885 bits per heavy atom. The molecule has 2 heterocycles. The molecule has 0 aromatic carbocycles. The van der Waals surface area contributed by atoms with Crippen molar-refractivity contribution in [3.8, 4) is 0 Å². The molecule has 4 amide bonds. The molecule has 2 aromatic heterocycles. The van der Waals surface area contributed by atoms with Gasteiger partial charge in [-0.15, -0.1) is 0 Å². The number of nitrogens with one attached hydrogen (secondary N) is 4. The van der Waals surface area contributed by atoms with Crippen LogP contribution in [0.4, 0.5) is 0 Å². The summed E-state index contributed by atoms with van der Waals surface area (Å²) in [7, 11) is 0. The van der Waals surface area contributed by atoms with Crippen molar-refractivity contribution in [1.29, 1.82) is 0 Å². The molecule has 0 saturated carbocycles. The summed E-state index contributed by atoms with van der Waals surface area (Å²) < 4.78 is 0. The van der Waals surface area contributed by atoms with E-state index < -0.39 is 125 Å². The molecule has 0 aliphatic rings. The number of amides is 4. The van der Waals surface area contributed by atoms with Crippen LogP contribution >= 0.6 is 0 Å². The van der Waals surface area contributed by atoms with Gasteiger partial charge in [0.25, 0.3) is 23.6 Å². The van der Waals surface area contributed by atoms with Gasteiger partial charge in [0.2, 0.25) is 0 Å². The van der Waals surface area contributed by atoms with Gasteiger partial charge in [-0.05, 0) is 0 Å². The molecule has 0 fully saturated rings. The van der Waals surface area contributed by atoms with E-state index in [0.29, 0.717) is 0 Å². The topological polar surface area (TPSA) is 411 Å². The number of carbonyl (C=O) groups excluding carboxylic acids is 4. The lowest BCUT2D eigenvalue weighted by atomic mass is 10.1. The fourth-order valence-corrected chi connectivity index (χ4v) is 3.68. The zero-order valence-electron chi connectivity index (χ0n) is 27.4. The van der Waals surface area contributed by atoms with Crippen LogP contribution in [0, 0.1) is 0 Å². The van der Waals surface area contributed by atoms with Crippen LogP contribution in [0.3, 0.4) is 0 Å². The largest absolute Gasteiger partial charge is 0.394 e. The highest BCUT2D eigenvalue weighted by molar-refractivity contribution is 5.96. The molecular weight excluding hydrogens is 704 g/mol. The predicted octanol–water partition coefficient (Wildman–Crippen LogP) is -9.27. The quantitative estimate of drug-likeness (QED) is 0.0597. The van der Waals surface area contributed by atoms with Crippen LogP contribution < -0.4 is 21.3 Å². The van der Waals surface area contributed by atoms with E-state index in [-0.39, 0.29) is 22.8 Å². The van der Waals surface area contributed by atoms with Gasteiger partial charge in [0.1, 0.15) is 22.8 Å². The highest BCUT2D eigenvalue weighted by Crippen LogP contribution is 2.03. The van der Waals surface area contributed by atoms with Gasteiger partial charge < -0.3 is 82.5 Å². The lowest BCUT2D eigenvalue weighted by Crippen LogP contribution is -2.48. The van der Waals surface area contributed by atoms with E-state index >= 15 is 0 Å². The average Bonchev–Trinajstić information content (AvgIpc) is 3.18. The molecule has 0 spiro atoms. The van der Waals surface area contributed by atoms with E-state index in [1.165, 1.54) is 0 Å². The molecule has 2 aromatic rings. The molecule has 0 bridgehead atoms. The van der Waals surface area contributed by atoms with Crippen LogP contribution in [0.5, 0.6) is 0 Å². The molecule has 0 aliphatic carbocycles. The molecule has 2 rings (SSSR count). The Hall–Kier alpha value is -4.44. The van der Waals surface area contributed by atoms with Gasteiger partial charge in [-0.1, -0.05) is 0 Å². The molecular formula is C28H44N8O16. The van der Waals surface area contributed by atoms with Crippen molar-refractivity contribution in [2.24, 2.45) is 0 Å². The summed E-state index contributed by atoms with van der Waals surface area (Å²) in [6.45, 7) is -5.21. The zero-order valence-corrected chi connectivity index (χ0v) is 27.4. The van der Waals surface area contributed by atoms with E-state index in [9.17, 15) is 39.6 Å². The van der Waals surface area contributed by atoms with E-state index in [2.05, 4.69) is 41.2 Å². The van der Waals surface area contributed by atoms with Crippen molar-refractivity contribution in [2.75, 3.05) is 52.9 Å². The highest BCUT2D eigenvalue weighted by atomic mass is 16.3. The minimum Gasteiger partial charge on any atom is -0.394 e. The number of carbonyl (C=O) groups is 4. The first-order chi connectivity index (χ1) is 24.7. The Balaban J connectivity index is 0.000000520. The number of nitrogens with zero attached hydrogens (tertiary/aromatic N) is 4. The fourth-order valence-electron chi connectivity index (χ4n) is 3.68. The molecule has 52 heavy (non-hydrogen) atoms. The van der Waals surface area contributed by atoms with Crippen molar-refractivity contribution in [3.63, 3.8) is 0 Å². The number of hydrogen-bond donors (Lipinski definition) is 16. The van der Waals surface area contributed by atoms with Gasteiger partial charge in [-0.3, -0.25) is 24.2 Å². The van der Waals surface area contributed by atoms with Crippen molar-refractivity contribution < 1.29 is 80.5 Å².